The highest BCUT2D eigenvalue weighted by molar-refractivity contribution is 8.00. The molecule has 2 rings (SSSR count). The lowest BCUT2D eigenvalue weighted by molar-refractivity contribution is -0.113. The van der Waals surface area contributed by atoms with Crippen molar-refractivity contribution in [3.63, 3.8) is 0 Å². The lowest BCUT2D eigenvalue weighted by Gasteiger charge is -2.24. The van der Waals surface area contributed by atoms with Crippen molar-refractivity contribution in [1.29, 1.82) is 0 Å². The van der Waals surface area contributed by atoms with E-state index in [1.54, 1.807) is 0 Å². The number of nitrogens with one attached hydrogen (secondary N) is 2. The Morgan fingerprint density at radius 3 is 3.05 bits per heavy atom. The lowest BCUT2D eigenvalue weighted by atomic mass is 10.3. The van der Waals surface area contributed by atoms with E-state index in [2.05, 4.69) is 25.8 Å². The van der Waals surface area contributed by atoms with Crippen molar-refractivity contribution in [2.24, 2.45) is 16.5 Å². The van der Waals surface area contributed by atoms with E-state index in [1.807, 2.05) is 6.26 Å². The van der Waals surface area contributed by atoms with Crippen LogP contribution in [-0.2, 0) is 4.79 Å². The fraction of sp³-hybridized carbons (Fsp3) is 0.556. The summed E-state index contributed by atoms with van der Waals surface area (Å²) in [5, 5.41) is 14.0. The third-order valence-electron chi connectivity index (χ3n) is 2.27. The summed E-state index contributed by atoms with van der Waals surface area (Å²) in [5.41, 5.74) is 11.1. The molecule has 0 aromatic carbocycles. The molecule has 2 atom stereocenters. The first-order chi connectivity index (χ1) is 9.56. The second-order valence-electron chi connectivity index (χ2n) is 3.89. The van der Waals surface area contributed by atoms with E-state index >= 15 is 0 Å². The molecule has 0 saturated carbocycles. The van der Waals surface area contributed by atoms with Gasteiger partial charge in [-0.15, -0.1) is 22.0 Å². The summed E-state index contributed by atoms with van der Waals surface area (Å²) in [4.78, 5) is 16.0. The van der Waals surface area contributed by atoms with Crippen LogP contribution in [0.25, 0.3) is 0 Å². The highest BCUT2D eigenvalue weighted by Gasteiger charge is 2.20. The van der Waals surface area contributed by atoms with E-state index in [9.17, 15) is 4.79 Å². The van der Waals surface area contributed by atoms with Crippen molar-refractivity contribution in [1.82, 2.24) is 15.5 Å². The van der Waals surface area contributed by atoms with Crippen LogP contribution in [0, 0.1) is 0 Å². The van der Waals surface area contributed by atoms with E-state index in [0.717, 1.165) is 4.34 Å². The second kappa shape index (κ2) is 7.22. The monoisotopic (exact) mass is 333 g/mol. The van der Waals surface area contributed by atoms with Gasteiger partial charge in [-0.25, -0.2) is 4.99 Å². The number of thioether (sulfide) groups is 2. The Hall–Kier alpha value is -0.880. The van der Waals surface area contributed by atoms with Crippen LogP contribution in [0.4, 0.5) is 5.13 Å². The van der Waals surface area contributed by atoms with E-state index < -0.39 is 0 Å². The zero-order valence-corrected chi connectivity index (χ0v) is 13.1. The number of aliphatic imine (C=N–C) groups is 1. The quantitative estimate of drug-likeness (QED) is 0.432. The van der Waals surface area contributed by atoms with E-state index in [-0.39, 0.29) is 23.3 Å². The SMILES string of the molecule is CSc1nnc(NC(=O)CSC2N=C(N)CC(N)N2)s1. The molecule has 1 aliphatic rings. The van der Waals surface area contributed by atoms with Crippen LogP contribution in [0.1, 0.15) is 6.42 Å². The first-order valence-corrected chi connectivity index (χ1v) is 8.78. The maximum atomic E-state index is 11.8. The van der Waals surface area contributed by atoms with Crippen LogP contribution in [-0.4, -0.2) is 45.6 Å². The van der Waals surface area contributed by atoms with Crippen molar-refractivity contribution >= 4 is 51.7 Å². The van der Waals surface area contributed by atoms with Crippen LogP contribution in [0.2, 0.25) is 0 Å². The van der Waals surface area contributed by atoms with Crippen LogP contribution in [0.15, 0.2) is 9.33 Å². The highest BCUT2D eigenvalue weighted by atomic mass is 32.2. The summed E-state index contributed by atoms with van der Waals surface area (Å²) in [6, 6.07) is 0. The van der Waals surface area contributed by atoms with Crippen LogP contribution >= 0.6 is 34.9 Å². The van der Waals surface area contributed by atoms with Crippen molar-refractivity contribution in [3.05, 3.63) is 0 Å². The molecule has 1 aliphatic heterocycles. The Balaban J connectivity index is 1.79. The van der Waals surface area contributed by atoms with E-state index in [0.29, 0.717) is 17.4 Å². The smallest absolute Gasteiger partial charge is 0.236 e. The molecule has 2 unspecified atom stereocenters. The molecule has 20 heavy (non-hydrogen) atoms. The zero-order chi connectivity index (χ0) is 14.5. The summed E-state index contributed by atoms with van der Waals surface area (Å²) in [7, 11) is 0. The molecule has 0 fully saturated rings. The van der Waals surface area contributed by atoms with Gasteiger partial charge in [0, 0.05) is 6.42 Å². The second-order valence-corrected chi connectivity index (χ2v) is 6.99. The van der Waals surface area contributed by atoms with Crippen LogP contribution in [0.3, 0.4) is 0 Å². The number of carbonyl (C=O) groups excluding carboxylic acids is 1. The molecule has 1 aromatic heterocycles. The van der Waals surface area contributed by atoms with Gasteiger partial charge in [0.1, 0.15) is 0 Å². The van der Waals surface area contributed by atoms with Crippen LogP contribution < -0.4 is 22.1 Å². The third-order valence-corrected chi connectivity index (χ3v) is 5.07. The molecule has 6 N–H and O–H groups in total. The molecule has 0 aliphatic carbocycles. The summed E-state index contributed by atoms with van der Waals surface area (Å²) < 4.78 is 0.810. The molecule has 110 valence electrons. The molecular weight excluding hydrogens is 318 g/mol. The first kappa shape index (κ1) is 15.5. The Morgan fingerprint density at radius 1 is 1.60 bits per heavy atom. The van der Waals surface area contributed by atoms with E-state index in [4.69, 9.17) is 11.5 Å². The van der Waals surface area contributed by atoms with Gasteiger partial charge in [0.2, 0.25) is 11.0 Å². The number of rotatable bonds is 5. The molecule has 0 spiro atoms. The Kier molecular flexibility index (Phi) is 5.60. The van der Waals surface area contributed by atoms with Crippen molar-refractivity contribution in [2.45, 2.75) is 22.4 Å². The maximum absolute atomic E-state index is 11.8. The minimum atomic E-state index is -0.291. The Labute approximate surface area is 128 Å². The Morgan fingerprint density at radius 2 is 2.40 bits per heavy atom. The van der Waals surface area contributed by atoms with Gasteiger partial charge in [0.15, 0.2) is 9.84 Å². The molecule has 11 heteroatoms. The minimum absolute atomic E-state index is 0.159. The molecule has 1 amide bonds. The standard InChI is InChI=1S/C9H15N7OS3/c1-18-9-16-15-8(20-9)14-6(17)3-19-7-12-4(10)2-5(11)13-7/h4,7,12H,2-3,10H2,1H3,(H2,11,13)(H,14,15,17). The average molecular weight is 333 g/mol. The molecule has 0 radical (unpaired) electrons. The van der Waals surface area contributed by atoms with Crippen LogP contribution in [0.5, 0.6) is 0 Å². The summed E-state index contributed by atoms with van der Waals surface area (Å²) in [6.45, 7) is 0. The fourth-order valence-corrected chi connectivity index (χ4v) is 3.49. The molecule has 8 nitrogen and oxygen atoms in total. The number of hydrogen-bond donors (Lipinski definition) is 4. The van der Waals surface area contributed by atoms with Crippen molar-refractivity contribution in [2.75, 3.05) is 17.3 Å². The fourth-order valence-electron chi connectivity index (χ4n) is 1.45. The van der Waals surface area contributed by atoms with Gasteiger partial charge in [0.05, 0.1) is 17.8 Å². The molecular formula is C9H15N7OS3. The normalized spacial score (nSPS) is 22.4. The van der Waals surface area contributed by atoms with Gasteiger partial charge >= 0.3 is 0 Å². The number of hydrogen-bond acceptors (Lipinski definition) is 10. The lowest BCUT2D eigenvalue weighted by Crippen LogP contribution is -2.49. The van der Waals surface area contributed by atoms with Gasteiger partial charge in [-0.3, -0.25) is 15.4 Å². The number of aromatic nitrogens is 2. The number of amidine groups is 1. The summed E-state index contributed by atoms with van der Waals surface area (Å²) >= 11 is 4.15. The predicted molar refractivity (Wildman–Crippen MR) is 83.9 cm³/mol. The average Bonchev–Trinajstić information content (AvgIpc) is 2.83. The van der Waals surface area contributed by atoms with Gasteiger partial charge in [0.25, 0.3) is 0 Å². The number of nitrogens with two attached hydrogens (primary N) is 2. The molecule has 1 aromatic rings. The van der Waals surface area contributed by atoms with Gasteiger partial charge < -0.3 is 11.5 Å². The number of carbonyl (C=O) groups is 1. The molecule has 2 heterocycles. The van der Waals surface area contributed by atoms with Crippen molar-refractivity contribution < 1.29 is 4.79 Å². The summed E-state index contributed by atoms with van der Waals surface area (Å²) in [6.07, 6.45) is 2.20. The topological polar surface area (TPSA) is 131 Å². The van der Waals surface area contributed by atoms with Gasteiger partial charge in [-0.2, -0.15) is 0 Å². The maximum Gasteiger partial charge on any atom is 0.236 e. The number of nitrogens with zero attached hydrogens (tertiary/aromatic N) is 3. The number of amides is 1. The largest absolute Gasteiger partial charge is 0.387 e. The summed E-state index contributed by atoms with van der Waals surface area (Å²) in [5.74, 6) is 0.575. The predicted octanol–water partition coefficient (Wildman–Crippen LogP) is -0.149. The number of anilines is 1. The molecule has 0 bridgehead atoms. The van der Waals surface area contributed by atoms with Crippen molar-refractivity contribution in [3.8, 4) is 0 Å². The first-order valence-electron chi connectivity index (χ1n) is 5.69. The Bertz CT molecular complexity index is 505. The van der Waals surface area contributed by atoms with Gasteiger partial charge in [-0.05, 0) is 6.26 Å². The zero-order valence-electron chi connectivity index (χ0n) is 10.7. The third kappa shape index (κ3) is 4.59. The van der Waals surface area contributed by atoms with Gasteiger partial charge in [-0.1, -0.05) is 23.1 Å². The minimum Gasteiger partial charge on any atom is -0.387 e. The van der Waals surface area contributed by atoms with E-state index in [1.165, 1.54) is 34.9 Å². The molecule has 0 saturated heterocycles. The highest BCUT2D eigenvalue weighted by Crippen LogP contribution is 2.23.